The molecule has 0 fully saturated rings. The molecule has 0 aliphatic carbocycles. The van der Waals surface area contributed by atoms with E-state index in [2.05, 4.69) is 89.6 Å². The summed E-state index contributed by atoms with van der Waals surface area (Å²) in [5.74, 6) is 0.578. The van der Waals surface area contributed by atoms with Gasteiger partial charge in [-0.25, -0.2) is 15.0 Å². The first kappa shape index (κ1) is 27.1. The molecule has 2 aromatic carbocycles. The van der Waals surface area contributed by atoms with Gasteiger partial charge in [-0.05, 0) is 27.5 Å². The lowest BCUT2D eigenvalue weighted by Crippen LogP contribution is -2.66. The van der Waals surface area contributed by atoms with Crippen molar-refractivity contribution in [1.82, 2.24) is 15.0 Å². The van der Waals surface area contributed by atoms with Crippen LogP contribution in [0.25, 0.3) is 11.3 Å². The fraction of sp³-hybridized carbons (Fsp3) is 0.250. The van der Waals surface area contributed by atoms with Gasteiger partial charge in [-0.2, -0.15) is 0 Å². The standard InChI is InChI=1S/C28H31ClN4O2SSi/c1-28(2,3)37(22-11-7-5-8-12-22,23-13-9-6-10-14-23)35-18-17-31-26-20-24(32-27(33-26)36(4)34)21-15-16-30-25(29)19-21/h5-16,19-20H,17-18H2,1-4H3,(H,31,32,33). The van der Waals surface area contributed by atoms with Crippen LogP contribution in [0.3, 0.4) is 0 Å². The molecule has 1 unspecified atom stereocenters. The van der Waals surface area contributed by atoms with Crippen molar-refractivity contribution in [2.75, 3.05) is 24.7 Å². The van der Waals surface area contributed by atoms with E-state index in [1.807, 2.05) is 24.3 Å². The molecule has 0 bridgehead atoms. The summed E-state index contributed by atoms with van der Waals surface area (Å²) in [4.78, 5) is 13.0. The lowest BCUT2D eigenvalue weighted by Gasteiger charge is -2.43. The molecule has 2 aromatic heterocycles. The van der Waals surface area contributed by atoms with E-state index in [0.717, 1.165) is 5.56 Å². The number of halogens is 1. The zero-order valence-corrected chi connectivity index (χ0v) is 24.0. The molecule has 0 saturated heterocycles. The molecule has 0 aliphatic heterocycles. The van der Waals surface area contributed by atoms with E-state index in [0.29, 0.717) is 29.8 Å². The number of hydrogen-bond donors (Lipinski definition) is 1. The minimum absolute atomic E-state index is 0.106. The third-order valence-electron chi connectivity index (χ3n) is 6.13. The second kappa shape index (κ2) is 11.6. The van der Waals surface area contributed by atoms with Gasteiger partial charge in [-0.3, -0.25) is 4.21 Å². The van der Waals surface area contributed by atoms with Crippen LogP contribution in [0.2, 0.25) is 10.2 Å². The number of nitrogens with one attached hydrogen (secondary N) is 1. The van der Waals surface area contributed by atoms with Crippen LogP contribution in [0.5, 0.6) is 0 Å². The minimum atomic E-state index is -2.63. The fourth-order valence-corrected chi connectivity index (χ4v) is 9.69. The number of nitrogens with zero attached hydrogens (tertiary/aromatic N) is 3. The Bertz CT molecular complexity index is 1330. The van der Waals surface area contributed by atoms with E-state index in [9.17, 15) is 4.21 Å². The Balaban J connectivity index is 1.60. The molecule has 0 spiro atoms. The third kappa shape index (κ3) is 6.15. The Labute approximate surface area is 227 Å². The lowest BCUT2D eigenvalue weighted by atomic mass is 10.2. The van der Waals surface area contributed by atoms with Crippen molar-refractivity contribution in [2.45, 2.75) is 31.0 Å². The zero-order valence-electron chi connectivity index (χ0n) is 21.4. The van der Waals surface area contributed by atoms with Gasteiger partial charge < -0.3 is 9.74 Å². The zero-order chi connectivity index (χ0) is 26.5. The topological polar surface area (TPSA) is 77.0 Å². The summed E-state index contributed by atoms with van der Waals surface area (Å²) >= 11 is 6.08. The van der Waals surface area contributed by atoms with Gasteiger partial charge >= 0.3 is 0 Å². The van der Waals surface area contributed by atoms with Crippen LogP contribution in [0, 0.1) is 0 Å². The predicted molar refractivity (Wildman–Crippen MR) is 155 cm³/mol. The first-order valence-electron chi connectivity index (χ1n) is 12.0. The van der Waals surface area contributed by atoms with Gasteiger partial charge in [-0.15, -0.1) is 0 Å². The summed E-state index contributed by atoms with van der Waals surface area (Å²) in [7, 11) is -3.98. The molecule has 0 radical (unpaired) electrons. The summed E-state index contributed by atoms with van der Waals surface area (Å²) in [6.07, 6.45) is 3.18. The highest BCUT2D eigenvalue weighted by molar-refractivity contribution is 7.84. The predicted octanol–water partition coefficient (Wildman–Crippen LogP) is 4.92. The van der Waals surface area contributed by atoms with Crippen LogP contribution < -0.4 is 15.7 Å². The molecule has 192 valence electrons. The number of pyridine rings is 1. The van der Waals surface area contributed by atoms with E-state index < -0.39 is 19.1 Å². The van der Waals surface area contributed by atoms with Gasteiger partial charge in [0.1, 0.15) is 11.0 Å². The van der Waals surface area contributed by atoms with Crippen LogP contribution in [0.4, 0.5) is 5.82 Å². The van der Waals surface area contributed by atoms with Gasteiger partial charge in [0, 0.05) is 30.6 Å². The highest BCUT2D eigenvalue weighted by atomic mass is 35.5. The molecular weight excluding hydrogens is 520 g/mol. The smallest absolute Gasteiger partial charge is 0.261 e. The molecule has 0 saturated carbocycles. The molecule has 6 nitrogen and oxygen atoms in total. The van der Waals surface area contributed by atoms with Crippen molar-refractivity contribution < 1.29 is 8.63 Å². The van der Waals surface area contributed by atoms with Crippen LogP contribution in [0.1, 0.15) is 20.8 Å². The Morgan fingerprint density at radius 2 is 1.57 bits per heavy atom. The monoisotopic (exact) mass is 550 g/mol. The molecular formula is C28H31ClN4O2SSi. The SMILES string of the molecule is CS(=O)c1nc(NCCO[Si](c2ccccc2)(c2ccccc2)C(C)(C)C)cc(-c2ccnc(Cl)c2)n1. The van der Waals surface area contributed by atoms with Crippen molar-refractivity contribution in [1.29, 1.82) is 0 Å². The van der Waals surface area contributed by atoms with Crippen LogP contribution >= 0.6 is 11.6 Å². The average Bonchev–Trinajstić information content (AvgIpc) is 2.89. The largest absolute Gasteiger partial charge is 0.406 e. The highest BCUT2D eigenvalue weighted by Crippen LogP contribution is 2.36. The molecule has 9 heteroatoms. The first-order chi connectivity index (χ1) is 17.7. The lowest BCUT2D eigenvalue weighted by molar-refractivity contribution is 0.312. The van der Waals surface area contributed by atoms with Gasteiger partial charge in [0.15, 0.2) is 0 Å². The van der Waals surface area contributed by atoms with E-state index in [1.165, 1.54) is 10.4 Å². The summed E-state index contributed by atoms with van der Waals surface area (Å²) < 4.78 is 19.2. The number of aromatic nitrogens is 3. The Morgan fingerprint density at radius 1 is 0.946 bits per heavy atom. The van der Waals surface area contributed by atoms with Gasteiger partial charge in [0.25, 0.3) is 8.32 Å². The van der Waals surface area contributed by atoms with Crippen molar-refractivity contribution in [2.24, 2.45) is 0 Å². The van der Waals surface area contributed by atoms with Crippen molar-refractivity contribution >= 4 is 46.9 Å². The van der Waals surface area contributed by atoms with E-state index in [4.69, 9.17) is 16.0 Å². The van der Waals surface area contributed by atoms with E-state index in [-0.39, 0.29) is 10.2 Å². The van der Waals surface area contributed by atoms with Crippen molar-refractivity contribution in [3.63, 3.8) is 0 Å². The van der Waals surface area contributed by atoms with Crippen LogP contribution in [-0.4, -0.2) is 46.9 Å². The second-order valence-electron chi connectivity index (χ2n) is 9.68. The third-order valence-corrected chi connectivity index (χ3v) is 12.1. The van der Waals surface area contributed by atoms with E-state index in [1.54, 1.807) is 18.5 Å². The van der Waals surface area contributed by atoms with Gasteiger partial charge in [-0.1, -0.05) is 93.0 Å². The fourth-order valence-electron chi connectivity index (χ4n) is 4.50. The van der Waals surface area contributed by atoms with Gasteiger partial charge in [0.2, 0.25) is 5.16 Å². The number of anilines is 1. The van der Waals surface area contributed by atoms with Crippen LogP contribution in [0.15, 0.2) is 90.2 Å². The maximum Gasteiger partial charge on any atom is 0.261 e. The average molecular weight is 551 g/mol. The molecule has 1 N–H and O–H groups in total. The van der Waals surface area contributed by atoms with Crippen molar-refractivity contribution in [3.05, 3.63) is 90.2 Å². The molecule has 4 aromatic rings. The summed E-state index contributed by atoms with van der Waals surface area (Å²) in [6.45, 7) is 7.76. The molecule has 0 aliphatic rings. The summed E-state index contributed by atoms with van der Waals surface area (Å²) in [5.41, 5.74) is 1.40. The van der Waals surface area contributed by atoms with Gasteiger partial charge in [0.05, 0.1) is 23.1 Å². The maximum absolute atomic E-state index is 12.2. The Hall–Kier alpha value is -2.91. The van der Waals surface area contributed by atoms with Crippen molar-refractivity contribution in [3.8, 4) is 11.3 Å². The van der Waals surface area contributed by atoms with E-state index >= 15 is 0 Å². The minimum Gasteiger partial charge on any atom is -0.406 e. The number of benzene rings is 2. The normalized spacial score (nSPS) is 12.8. The summed E-state index contributed by atoms with van der Waals surface area (Å²) in [5, 5.41) is 6.33. The molecule has 1 atom stereocenters. The maximum atomic E-state index is 12.2. The molecule has 2 heterocycles. The quantitative estimate of drug-likeness (QED) is 0.138. The Morgan fingerprint density at radius 3 is 2.11 bits per heavy atom. The summed E-state index contributed by atoms with van der Waals surface area (Å²) in [6, 6.07) is 26.5. The Kier molecular flexibility index (Phi) is 8.54. The number of rotatable bonds is 9. The second-order valence-corrected chi connectivity index (χ2v) is 15.6. The number of hydrogen-bond acceptors (Lipinski definition) is 6. The van der Waals surface area contributed by atoms with Crippen LogP contribution in [-0.2, 0) is 15.2 Å². The molecule has 37 heavy (non-hydrogen) atoms. The highest BCUT2D eigenvalue weighted by Gasteiger charge is 2.49. The molecule has 4 rings (SSSR count). The first-order valence-corrected chi connectivity index (χ1v) is 15.9. The molecule has 0 amide bonds.